The number of carboxylic acids is 1. The molecule has 0 fully saturated rings. The van der Waals surface area contributed by atoms with Gasteiger partial charge in [-0.15, -0.1) is 0 Å². The van der Waals surface area contributed by atoms with E-state index in [9.17, 15) is 14.0 Å². The van der Waals surface area contributed by atoms with Gasteiger partial charge in [0.1, 0.15) is 17.2 Å². The first-order chi connectivity index (χ1) is 9.43. The number of rotatable bonds is 3. The molecular weight excluding hydrogens is 263 g/mol. The van der Waals surface area contributed by atoms with Crippen LogP contribution in [0, 0.1) is 12.7 Å². The van der Waals surface area contributed by atoms with Crippen LogP contribution in [0.4, 0.5) is 10.2 Å². The number of ketones is 1. The van der Waals surface area contributed by atoms with Crippen LogP contribution in [0.3, 0.4) is 0 Å². The van der Waals surface area contributed by atoms with Gasteiger partial charge >= 0.3 is 5.97 Å². The predicted molar refractivity (Wildman–Crippen MR) is 70.2 cm³/mol. The summed E-state index contributed by atoms with van der Waals surface area (Å²) in [6, 6.07) is 5.31. The summed E-state index contributed by atoms with van der Waals surface area (Å²) in [6.07, 6.45) is 1.24. The highest BCUT2D eigenvalue weighted by atomic mass is 19.1. The number of aromatic carboxylic acids is 1. The zero-order valence-electron chi connectivity index (χ0n) is 10.6. The first-order valence-electron chi connectivity index (χ1n) is 5.71. The molecule has 102 valence electrons. The van der Waals surface area contributed by atoms with Gasteiger partial charge in [0.2, 0.25) is 0 Å². The smallest absolute Gasteiger partial charge is 0.340 e. The van der Waals surface area contributed by atoms with Crippen molar-refractivity contribution < 1.29 is 19.1 Å². The first kappa shape index (κ1) is 13.7. The van der Waals surface area contributed by atoms with E-state index >= 15 is 0 Å². The van der Waals surface area contributed by atoms with Gasteiger partial charge < -0.3 is 10.8 Å². The molecule has 2 aromatic rings. The summed E-state index contributed by atoms with van der Waals surface area (Å²) < 4.78 is 13.5. The van der Waals surface area contributed by atoms with Gasteiger partial charge in [0.05, 0.1) is 0 Å². The maximum absolute atomic E-state index is 13.5. The largest absolute Gasteiger partial charge is 0.478 e. The number of aromatic nitrogens is 1. The molecule has 1 heterocycles. The SMILES string of the molecule is Cc1c(F)cccc1C(=O)c1ccnc(N)c1C(=O)O. The molecule has 2 rings (SSSR count). The second-order valence-electron chi connectivity index (χ2n) is 4.17. The summed E-state index contributed by atoms with van der Waals surface area (Å²) in [5.41, 5.74) is 5.25. The molecule has 5 nitrogen and oxygen atoms in total. The van der Waals surface area contributed by atoms with E-state index in [0.717, 1.165) is 0 Å². The Morgan fingerprint density at radius 2 is 1.95 bits per heavy atom. The fraction of sp³-hybridized carbons (Fsp3) is 0.0714. The van der Waals surface area contributed by atoms with Crippen LogP contribution in [0.15, 0.2) is 30.5 Å². The molecule has 6 heteroatoms. The van der Waals surface area contributed by atoms with Crippen LogP contribution in [0.5, 0.6) is 0 Å². The molecule has 0 aliphatic carbocycles. The number of benzene rings is 1. The molecule has 0 aliphatic rings. The van der Waals surface area contributed by atoms with Gasteiger partial charge in [-0.1, -0.05) is 12.1 Å². The first-order valence-corrected chi connectivity index (χ1v) is 5.71. The zero-order valence-corrected chi connectivity index (χ0v) is 10.6. The number of pyridine rings is 1. The van der Waals surface area contributed by atoms with Gasteiger partial charge in [-0.2, -0.15) is 0 Å². The monoisotopic (exact) mass is 274 g/mol. The van der Waals surface area contributed by atoms with E-state index in [1.807, 2.05) is 0 Å². The standard InChI is InChI=1S/C14H11FN2O3/c1-7-8(3-2-4-10(7)15)12(18)9-5-6-17-13(16)11(9)14(19)20/h2-6H,1H3,(H2,16,17)(H,19,20). The average molecular weight is 274 g/mol. The predicted octanol–water partition coefficient (Wildman–Crippen LogP) is 2.04. The minimum absolute atomic E-state index is 0.0955. The fourth-order valence-corrected chi connectivity index (χ4v) is 1.89. The lowest BCUT2D eigenvalue weighted by atomic mass is 9.96. The van der Waals surface area contributed by atoms with Crippen molar-refractivity contribution in [3.05, 3.63) is 58.5 Å². The van der Waals surface area contributed by atoms with Crippen molar-refractivity contribution >= 4 is 17.6 Å². The summed E-state index contributed by atoms with van der Waals surface area (Å²) in [5.74, 6) is -2.74. The number of halogens is 1. The number of anilines is 1. The zero-order chi connectivity index (χ0) is 14.9. The lowest BCUT2D eigenvalue weighted by Crippen LogP contribution is -2.14. The Labute approximate surface area is 113 Å². The average Bonchev–Trinajstić information content (AvgIpc) is 2.40. The molecule has 0 radical (unpaired) electrons. The van der Waals surface area contributed by atoms with Gasteiger partial charge in [0, 0.05) is 17.3 Å². The number of hydrogen-bond donors (Lipinski definition) is 2. The number of carbonyl (C=O) groups is 2. The molecule has 0 saturated heterocycles. The molecule has 0 aliphatic heterocycles. The highest BCUT2D eigenvalue weighted by Crippen LogP contribution is 2.21. The van der Waals surface area contributed by atoms with E-state index in [2.05, 4.69) is 4.98 Å². The van der Waals surface area contributed by atoms with Crippen LogP contribution in [-0.4, -0.2) is 21.8 Å². The van der Waals surface area contributed by atoms with Crippen LogP contribution in [0.25, 0.3) is 0 Å². The van der Waals surface area contributed by atoms with Gasteiger partial charge in [-0.3, -0.25) is 4.79 Å². The van der Waals surface area contributed by atoms with E-state index < -0.39 is 17.6 Å². The maximum Gasteiger partial charge on any atom is 0.340 e. The highest BCUT2D eigenvalue weighted by molar-refractivity contribution is 6.16. The van der Waals surface area contributed by atoms with Gasteiger partial charge in [-0.05, 0) is 24.6 Å². The third-order valence-electron chi connectivity index (χ3n) is 2.95. The normalized spacial score (nSPS) is 10.3. The van der Waals surface area contributed by atoms with Crippen molar-refractivity contribution in [1.82, 2.24) is 4.98 Å². The number of nitrogens with two attached hydrogens (primary N) is 1. The summed E-state index contributed by atoms with van der Waals surface area (Å²) in [4.78, 5) is 27.2. The van der Waals surface area contributed by atoms with E-state index in [-0.39, 0.29) is 28.1 Å². The third kappa shape index (κ3) is 2.23. The Morgan fingerprint density at radius 1 is 1.25 bits per heavy atom. The van der Waals surface area contributed by atoms with E-state index in [1.165, 1.54) is 37.4 Å². The van der Waals surface area contributed by atoms with Crippen molar-refractivity contribution in [2.24, 2.45) is 0 Å². The van der Waals surface area contributed by atoms with Crippen molar-refractivity contribution in [2.45, 2.75) is 6.92 Å². The van der Waals surface area contributed by atoms with E-state index in [0.29, 0.717) is 0 Å². The van der Waals surface area contributed by atoms with Crippen LogP contribution in [0.1, 0.15) is 31.8 Å². The second-order valence-corrected chi connectivity index (χ2v) is 4.17. The molecule has 1 aromatic carbocycles. The maximum atomic E-state index is 13.5. The molecular formula is C14H11FN2O3. The highest BCUT2D eigenvalue weighted by Gasteiger charge is 2.22. The Hall–Kier alpha value is -2.76. The number of nitrogen functional groups attached to an aromatic ring is 1. The lowest BCUT2D eigenvalue weighted by molar-refractivity contribution is 0.0693. The molecule has 0 amide bonds. The van der Waals surface area contributed by atoms with Crippen LogP contribution < -0.4 is 5.73 Å². The molecule has 0 atom stereocenters. The fourth-order valence-electron chi connectivity index (χ4n) is 1.89. The van der Waals surface area contributed by atoms with E-state index in [4.69, 9.17) is 10.8 Å². The number of hydrogen-bond acceptors (Lipinski definition) is 4. The van der Waals surface area contributed by atoms with Crippen molar-refractivity contribution in [3.63, 3.8) is 0 Å². The van der Waals surface area contributed by atoms with Crippen molar-refractivity contribution in [3.8, 4) is 0 Å². The molecule has 0 unspecified atom stereocenters. The van der Waals surface area contributed by atoms with Gasteiger partial charge in [-0.25, -0.2) is 14.2 Å². The number of carbonyl (C=O) groups excluding carboxylic acids is 1. The molecule has 1 aromatic heterocycles. The van der Waals surface area contributed by atoms with Crippen LogP contribution in [-0.2, 0) is 0 Å². The molecule has 20 heavy (non-hydrogen) atoms. The summed E-state index contributed by atoms with van der Waals surface area (Å²) in [5, 5.41) is 9.12. The van der Waals surface area contributed by atoms with Gasteiger partial charge in [0.25, 0.3) is 0 Å². The van der Waals surface area contributed by atoms with Crippen LogP contribution in [0.2, 0.25) is 0 Å². The number of nitrogens with zero attached hydrogens (tertiary/aromatic N) is 1. The number of carboxylic acid groups (broad SMARTS) is 1. The molecule has 0 bridgehead atoms. The Kier molecular flexibility index (Phi) is 3.47. The van der Waals surface area contributed by atoms with E-state index in [1.54, 1.807) is 0 Å². The molecule has 0 spiro atoms. The second kappa shape index (κ2) is 5.08. The summed E-state index contributed by atoms with van der Waals surface area (Å²) in [7, 11) is 0. The summed E-state index contributed by atoms with van der Waals surface area (Å²) in [6.45, 7) is 1.45. The van der Waals surface area contributed by atoms with Crippen molar-refractivity contribution in [1.29, 1.82) is 0 Å². The molecule has 3 N–H and O–H groups in total. The Bertz CT molecular complexity index is 714. The quantitative estimate of drug-likeness (QED) is 0.835. The Balaban J connectivity index is 2.63. The molecule has 0 saturated carbocycles. The minimum Gasteiger partial charge on any atom is -0.478 e. The van der Waals surface area contributed by atoms with Crippen LogP contribution >= 0.6 is 0 Å². The lowest BCUT2D eigenvalue weighted by Gasteiger charge is -2.09. The van der Waals surface area contributed by atoms with Crippen molar-refractivity contribution in [2.75, 3.05) is 5.73 Å². The topological polar surface area (TPSA) is 93.3 Å². The minimum atomic E-state index is -1.35. The van der Waals surface area contributed by atoms with Gasteiger partial charge in [0.15, 0.2) is 5.78 Å². The third-order valence-corrected chi connectivity index (χ3v) is 2.95. The summed E-state index contributed by atoms with van der Waals surface area (Å²) >= 11 is 0. The Morgan fingerprint density at radius 3 is 2.60 bits per heavy atom.